The van der Waals surface area contributed by atoms with Crippen LogP contribution in [0.2, 0.25) is 0 Å². The largest absolute Gasteiger partial charge is 0.466 e. The van der Waals surface area contributed by atoms with Crippen LogP contribution < -0.4 is 0 Å². The van der Waals surface area contributed by atoms with E-state index >= 15 is 0 Å². The van der Waals surface area contributed by atoms with Crippen molar-refractivity contribution in [2.24, 2.45) is 0 Å². The molecule has 1 unspecified atom stereocenters. The third kappa shape index (κ3) is 4.81. The third-order valence-corrected chi connectivity index (χ3v) is 1.49. The van der Waals surface area contributed by atoms with E-state index in [0.717, 1.165) is 0 Å². The lowest BCUT2D eigenvalue weighted by Crippen LogP contribution is -2.28. The van der Waals surface area contributed by atoms with Gasteiger partial charge in [0.25, 0.3) is 0 Å². The fourth-order valence-corrected chi connectivity index (χ4v) is 0.869. The molecule has 5 heteroatoms. The fourth-order valence-electron chi connectivity index (χ4n) is 0.869. The standard InChI is InChI=1S/C9H16O5/c1-4-13-8(10)6-7(12-3)9(11)14-5-2/h7H,4-6H2,1-3H3. The predicted molar refractivity (Wildman–Crippen MR) is 48.7 cm³/mol. The monoisotopic (exact) mass is 204 g/mol. The third-order valence-electron chi connectivity index (χ3n) is 1.49. The molecule has 0 saturated heterocycles. The molecule has 0 aliphatic carbocycles. The molecule has 0 amide bonds. The van der Waals surface area contributed by atoms with Crippen LogP contribution in [0.4, 0.5) is 0 Å². The Hall–Kier alpha value is -1.10. The molecule has 0 fully saturated rings. The second kappa shape index (κ2) is 7.32. The highest BCUT2D eigenvalue weighted by molar-refractivity contribution is 5.81. The maximum Gasteiger partial charge on any atom is 0.335 e. The average molecular weight is 204 g/mol. The van der Waals surface area contributed by atoms with E-state index in [2.05, 4.69) is 4.74 Å². The molecule has 0 aromatic carbocycles. The maximum atomic E-state index is 11.2. The van der Waals surface area contributed by atoms with Crippen LogP contribution in [0.15, 0.2) is 0 Å². The Morgan fingerprint density at radius 2 is 1.71 bits per heavy atom. The van der Waals surface area contributed by atoms with E-state index in [-0.39, 0.29) is 19.6 Å². The van der Waals surface area contributed by atoms with E-state index in [1.165, 1.54) is 7.11 Å². The van der Waals surface area contributed by atoms with E-state index in [1.54, 1.807) is 13.8 Å². The van der Waals surface area contributed by atoms with Crippen molar-refractivity contribution in [3.63, 3.8) is 0 Å². The van der Waals surface area contributed by atoms with E-state index < -0.39 is 18.0 Å². The number of carbonyl (C=O) groups excluding carboxylic acids is 2. The lowest BCUT2D eigenvalue weighted by Gasteiger charge is -2.12. The van der Waals surface area contributed by atoms with Crippen LogP contribution in [0.1, 0.15) is 20.3 Å². The fraction of sp³-hybridized carbons (Fsp3) is 0.778. The van der Waals surface area contributed by atoms with Crippen molar-refractivity contribution in [3.05, 3.63) is 0 Å². The molecule has 0 rings (SSSR count). The number of ether oxygens (including phenoxy) is 3. The topological polar surface area (TPSA) is 61.8 Å². The second-order valence-electron chi connectivity index (χ2n) is 2.49. The molecule has 0 aliphatic heterocycles. The zero-order valence-electron chi connectivity index (χ0n) is 8.74. The van der Waals surface area contributed by atoms with Crippen molar-refractivity contribution < 1.29 is 23.8 Å². The minimum atomic E-state index is -0.867. The molecule has 0 heterocycles. The van der Waals surface area contributed by atoms with Crippen LogP contribution in [0.3, 0.4) is 0 Å². The van der Waals surface area contributed by atoms with Crippen LogP contribution in [-0.4, -0.2) is 38.4 Å². The Morgan fingerprint density at radius 3 is 2.14 bits per heavy atom. The van der Waals surface area contributed by atoms with Crippen LogP contribution in [0.5, 0.6) is 0 Å². The highest BCUT2D eigenvalue weighted by Gasteiger charge is 2.23. The van der Waals surface area contributed by atoms with Gasteiger partial charge in [-0.3, -0.25) is 4.79 Å². The van der Waals surface area contributed by atoms with Crippen LogP contribution in [0.25, 0.3) is 0 Å². The Kier molecular flexibility index (Phi) is 6.74. The van der Waals surface area contributed by atoms with Crippen molar-refractivity contribution in [2.75, 3.05) is 20.3 Å². The summed E-state index contributed by atoms with van der Waals surface area (Å²) in [6, 6.07) is 0. The van der Waals surface area contributed by atoms with Gasteiger partial charge in [-0.2, -0.15) is 0 Å². The Morgan fingerprint density at radius 1 is 1.14 bits per heavy atom. The van der Waals surface area contributed by atoms with Gasteiger partial charge in [-0.05, 0) is 13.8 Å². The molecule has 82 valence electrons. The quantitative estimate of drug-likeness (QED) is 0.590. The molecular formula is C9H16O5. The smallest absolute Gasteiger partial charge is 0.335 e. The predicted octanol–water partition coefficient (Wildman–Crippen LogP) is 0.518. The van der Waals surface area contributed by atoms with Gasteiger partial charge in [0.05, 0.1) is 19.6 Å². The van der Waals surface area contributed by atoms with Crippen LogP contribution in [-0.2, 0) is 23.8 Å². The molecule has 0 radical (unpaired) electrons. The van der Waals surface area contributed by atoms with Crippen molar-refractivity contribution in [2.45, 2.75) is 26.4 Å². The van der Waals surface area contributed by atoms with E-state index in [1.807, 2.05) is 0 Å². The summed E-state index contributed by atoms with van der Waals surface area (Å²) in [6.07, 6.45) is -0.975. The normalized spacial score (nSPS) is 11.9. The zero-order chi connectivity index (χ0) is 11.0. The van der Waals surface area contributed by atoms with Gasteiger partial charge in [0.15, 0.2) is 6.10 Å². The zero-order valence-corrected chi connectivity index (χ0v) is 8.74. The first-order valence-electron chi connectivity index (χ1n) is 4.50. The summed E-state index contributed by atoms with van der Waals surface area (Å²) in [5, 5.41) is 0. The Balaban J connectivity index is 4.01. The SMILES string of the molecule is CCOC(=O)CC(OC)C(=O)OCC. The molecule has 0 bridgehead atoms. The van der Waals surface area contributed by atoms with Crippen molar-refractivity contribution in [1.82, 2.24) is 0 Å². The summed E-state index contributed by atoms with van der Waals surface area (Å²) in [7, 11) is 1.35. The molecular weight excluding hydrogens is 188 g/mol. The lowest BCUT2D eigenvalue weighted by atomic mass is 10.2. The lowest BCUT2D eigenvalue weighted by molar-refractivity contribution is -0.161. The number of carbonyl (C=O) groups is 2. The number of esters is 2. The van der Waals surface area contributed by atoms with Crippen molar-refractivity contribution >= 4 is 11.9 Å². The molecule has 0 aromatic heterocycles. The minimum Gasteiger partial charge on any atom is -0.466 e. The van der Waals surface area contributed by atoms with Crippen molar-refractivity contribution in [3.8, 4) is 0 Å². The van der Waals surface area contributed by atoms with E-state index in [9.17, 15) is 9.59 Å². The van der Waals surface area contributed by atoms with Gasteiger partial charge >= 0.3 is 11.9 Å². The molecule has 1 atom stereocenters. The summed E-state index contributed by atoms with van der Waals surface area (Å²) < 4.78 is 14.2. The van der Waals surface area contributed by atoms with Gasteiger partial charge in [-0.1, -0.05) is 0 Å². The first kappa shape index (κ1) is 12.9. The molecule has 0 spiro atoms. The second-order valence-corrected chi connectivity index (χ2v) is 2.49. The van der Waals surface area contributed by atoms with Crippen LogP contribution in [0, 0.1) is 0 Å². The van der Waals surface area contributed by atoms with Gasteiger partial charge in [-0.15, -0.1) is 0 Å². The van der Waals surface area contributed by atoms with Gasteiger partial charge in [0.2, 0.25) is 0 Å². The van der Waals surface area contributed by atoms with Gasteiger partial charge < -0.3 is 14.2 Å². The number of hydrogen-bond donors (Lipinski definition) is 0. The highest BCUT2D eigenvalue weighted by Crippen LogP contribution is 2.02. The molecule has 14 heavy (non-hydrogen) atoms. The summed E-state index contributed by atoms with van der Waals surface area (Å²) in [4.78, 5) is 22.2. The molecule has 5 nitrogen and oxygen atoms in total. The first-order chi connectivity index (χ1) is 6.65. The summed E-state index contributed by atoms with van der Waals surface area (Å²) in [5.41, 5.74) is 0. The first-order valence-corrected chi connectivity index (χ1v) is 4.50. The summed E-state index contributed by atoms with van der Waals surface area (Å²) in [6.45, 7) is 3.94. The van der Waals surface area contributed by atoms with Gasteiger partial charge in [-0.25, -0.2) is 4.79 Å². The van der Waals surface area contributed by atoms with E-state index in [4.69, 9.17) is 9.47 Å². The maximum absolute atomic E-state index is 11.2. The number of hydrogen-bond acceptors (Lipinski definition) is 5. The average Bonchev–Trinajstić information content (AvgIpc) is 2.15. The Bertz CT molecular complexity index is 190. The number of methoxy groups -OCH3 is 1. The highest BCUT2D eigenvalue weighted by atomic mass is 16.6. The Labute approximate surface area is 83.3 Å². The van der Waals surface area contributed by atoms with E-state index in [0.29, 0.717) is 0 Å². The summed E-state index contributed by atoms with van der Waals surface area (Å²) in [5.74, 6) is -1.00. The minimum absolute atomic E-state index is 0.108. The van der Waals surface area contributed by atoms with Crippen molar-refractivity contribution in [1.29, 1.82) is 0 Å². The van der Waals surface area contributed by atoms with Gasteiger partial charge in [0, 0.05) is 7.11 Å². The molecule has 0 saturated carbocycles. The summed E-state index contributed by atoms with van der Waals surface area (Å²) >= 11 is 0. The molecule has 0 aromatic rings. The molecule has 0 N–H and O–H groups in total. The number of rotatable bonds is 6. The van der Waals surface area contributed by atoms with Crippen LogP contribution >= 0.6 is 0 Å². The molecule has 0 aliphatic rings. The van der Waals surface area contributed by atoms with Gasteiger partial charge in [0.1, 0.15) is 0 Å².